The second-order valence-electron chi connectivity index (χ2n) is 12.1. The largest absolute Gasteiger partial charge is 0.444 e. The number of amides is 2. The topological polar surface area (TPSA) is 122 Å². The van der Waals surface area contributed by atoms with Crippen molar-refractivity contribution in [3.63, 3.8) is 0 Å². The highest BCUT2D eigenvalue weighted by molar-refractivity contribution is 5.97. The van der Waals surface area contributed by atoms with Crippen LogP contribution in [0.4, 0.5) is 16.3 Å². The molecule has 1 aromatic carbocycles. The summed E-state index contributed by atoms with van der Waals surface area (Å²) in [4.78, 5) is 45.4. The van der Waals surface area contributed by atoms with Crippen LogP contribution >= 0.6 is 0 Å². The summed E-state index contributed by atoms with van der Waals surface area (Å²) >= 11 is 0. The number of carbonyl (C=O) groups is 2. The Morgan fingerprint density at radius 3 is 2.43 bits per heavy atom. The third kappa shape index (κ3) is 5.88. The lowest BCUT2D eigenvalue weighted by Crippen LogP contribution is -2.49. The van der Waals surface area contributed by atoms with Crippen molar-refractivity contribution >= 4 is 34.4 Å². The fourth-order valence-corrected chi connectivity index (χ4v) is 5.92. The molecule has 42 heavy (non-hydrogen) atoms. The number of carbonyl (C=O) groups excluding carboxylic acids is 2. The molecule has 0 unspecified atom stereocenters. The van der Waals surface area contributed by atoms with Gasteiger partial charge < -0.3 is 29.6 Å². The quantitative estimate of drug-likeness (QED) is 0.437. The van der Waals surface area contributed by atoms with Gasteiger partial charge in [-0.3, -0.25) is 14.3 Å². The number of aryl methyl sites for hydroxylation is 1. The lowest BCUT2D eigenvalue weighted by atomic mass is 9.85. The molecule has 0 bridgehead atoms. The van der Waals surface area contributed by atoms with Gasteiger partial charge in [-0.05, 0) is 76.3 Å². The zero-order valence-electron chi connectivity index (χ0n) is 25.3. The smallest absolute Gasteiger partial charge is 0.410 e. The summed E-state index contributed by atoms with van der Waals surface area (Å²) in [6.07, 6.45) is 4.18. The average Bonchev–Trinajstić information content (AvgIpc) is 3.36. The van der Waals surface area contributed by atoms with Gasteiger partial charge in [0.05, 0.1) is 24.3 Å². The maximum atomic E-state index is 13.2. The summed E-state index contributed by atoms with van der Waals surface area (Å²) in [5.41, 5.74) is 1.95. The molecule has 2 fully saturated rings. The Morgan fingerprint density at radius 2 is 1.79 bits per heavy atom. The number of aromatic amines is 1. The number of piperidine rings is 1. The number of H-pyrrole nitrogens is 1. The highest BCUT2D eigenvalue weighted by atomic mass is 16.6. The fraction of sp³-hybridized carbons (Fsp3) is 0.548. The van der Waals surface area contributed by atoms with Crippen molar-refractivity contribution in [3.05, 3.63) is 51.9 Å². The van der Waals surface area contributed by atoms with Gasteiger partial charge in [-0.15, -0.1) is 0 Å². The lowest BCUT2D eigenvalue weighted by molar-refractivity contribution is 0.0101. The number of likely N-dealkylation sites (tertiary alicyclic amines) is 1. The van der Waals surface area contributed by atoms with Crippen molar-refractivity contribution in [3.8, 4) is 0 Å². The van der Waals surface area contributed by atoms with Gasteiger partial charge in [0.15, 0.2) is 5.82 Å². The molecule has 4 heterocycles. The third-order valence-corrected chi connectivity index (χ3v) is 8.33. The van der Waals surface area contributed by atoms with Crippen LogP contribution in [0.15, 0.2) is 35.3 Å². The molecule has 226 valence electrons. The van der Waals surface area contributed by atoms with Gasteiger partial charge in [0.1, 0.15) is 11.0 Å². The Bertz CT molecular complexity index is 1510. The van der Waals surface area contributed by atoms with Crippen molar-refractivity contribution in [2.24, 2.45) is 0 Å². The van der Waals surface area contributed by atoms with E-state index in [1.165, 1.54) is 0 Å². The molecule has 2 aromatic heterocycles. The molecule has 0 radical (unpaired) electrons. The van der Waals surface area contributed by atoms with Gasteiger partial charge in [-0.25, -0.2) is 4.79 Å². The second kappa shape index (κ2) is 11.8. The molecule has 3 aromatic rings. The molecular weight excluding hydrogens is 536 g/mol. The molecule has 11 nitrogen and oxygen atoms in total. The number of aromatic nitrogens is 3. The number of rotatable bonds is 6. The van der Waals surface area contributed by atoms with E-state index in [1.807, 2.05) is 61.5 Å². The minimum absolute atomic E-state index is 0.00971. The van der Waals surface area contributed by atoms with E-state index < -0.39 is 5.60 Å². The SMILES string of the molecule is CCc1cc(Nc2nn(C3(CC)CCN(C(=O)OC(C)(C)C)CC3)c3cc[nH]c(=O)c23)ccc1C(=O)N1CCOCC1. The Labute approximate surface area is 246 Å². The summed E-state index contributed by atoms with van der Waals surface area (Å²) < 4.78 is 13.0. The molecule has 0 atom stereocenters. The summed E-state index contributed by atoms with van der Waals surface area (Å²) in [6, 6.07) is 7.56. The number of nitrogens with zero attached hydrogens (tertiary/aromatic N) is 4. The van der Waals surface area contributed by atoms with Crippen LogP contribution in [0.1, 0.15) is 69.8 Å². The normalized spacial score (nSPS) is 17.4. The number of nitrogens with one attached hydrogen (secondary N) is 2. The van der Waals surface area contributed by atoms with Crippen molar-refractivity contribution in [1.29, 1.82) is 0 Å². The van der Waals surface area contributed by atoms with Crippen molar-refractivity contribution in [2.45, 2.75) is 71.4 Å². The van der Waals surface area contributed by atoms with Crippen molar-refractivity contribution < 1.29 is 19.1 Å². The molecule has 2 aliphatic rings. The molecule has 2 N–H and O–H groups in total. The molecular formula is C31H42N6O5. The Balaban J connectivity index is 1.44. The Kier molecular flexibility index (Phi) is 8.32. The molecule has 2 saturated heterocycles. The molecule has 0 aliphatic carbocycles. The van der Waals surface area contributed by atoms with Crippen LogP contribution in [-0.4, -0.2) is 81.6 Å². The van der Waals surface area contributed by atoms with Crippen LogP contribution in [0.5, 0.6) is 0 Å². The van der Waals surface area contributed by atoms with Gasteiger partial charge in [0.25, 0.3) is 11.5 Å². The van der Waals surface area contributed by atoms with Crippen LogP contribution < -0.4 is 10.9 Å². The van der Waals surface area contributed by atoms with E-state index in [0.717, 1.165) is 23.2 Å². The maximum Gasteiger partial charge on any atom is 0.410 e. The number of anilines is 2. The summed E-state index contributed by atoms with van der Waals surface area (Å²) in [5, 5.41) is 8.85. The van der Waals surface area contributed by atoms with E-state index in [-0.39, 0.29) is 23.1 Å². The third-order valence-electron chi connectivity index (χ3n) is 8.33. The van der Waals surface area contributed by atoms with Gasteiger partial charge >= 0.3 is 6.09 Å². The van der Waals surface area contributed by atoms with Crippen molar-refractivity contribution in [1.82, 2.24) is 24.6 Å². The van der Waals surface area contributed by atoms with E-state index >= 15 is 0 Å². The molecule has 11 heteroatoms. The first-order valence-corrected chi connectivity index (χ1v) is 14.9. The van der Waals surface area contributed by atoms with Crippen LogP contribution in [0.2, 0.25) is 0 Å². The fourth-order valence-electron chi connectivity index (χ4n) is 5.92. The number of ether oxygens (including phenoxy) is 2. The van der Waals surface area contributed by atoms with Crippen LogP contribution in [0, 0.1) is 0 Å². The van der Waals surface area contributed by atoms with Crippen molar-refractivity contribution in [2.75, 3.05) is 44.7 Å². The predicted octanol–water partition coefficient (Wildman–Crippen LogP) is 4.64. The number of morpholine rings is 1. The molecule has 0 spiro atoms. The minimum Gasteiger partial charge on any atom is -0.444 e. The van der Waals surface area contributed by atoms with E-state index in [9.17, 15) is 14.4 Å². The zero-order chi connectivity index (χ0) is 30.1. The minimum atomic E-state index is -0.554. The van der Waals surface area contributed by atoms with Gasteiger partial charge in [0, 0.05) is 43.6 Å². The molecule has 2 amide bonds. The summed E-state index contributed by atoms with van der Waals surface area (Å²) in [7, 11) is 0. The zero-order valence-corrected chi connectivity index (χ0v) is 25.3. The first-order valence-electron chi connectivity index (χ1n) is 14.9. The average molecular weight is 579 g/mol. The highest BCUT2D eigenvalue weighted by Crippen LogP contribution is 2.38. The number of hydrogen-bond acceptors (Lipinski definition) is 7. The summed E-state index contributed by atoms with van der Waals surface area (Å²) in [5.74, 6) is 0.471. The standard InChI is InChI=1S/C31H42N6O5/c1-6-21-20-22(8-9-23(21)28(39)35-16-18-41-19-17-35)33-26-25-24(10-13-32-27(25)38)37(34-26)31(7-2)11-14-36(15-12-31)29(40)42-30(3,4)5/h8-10,13,20H,6-7,11-12,14-19H2,1-5H3,(H,32,38)(H,33,34). The van der Waals surface area contributed by atoms with Crippen LogP contribution in [-0.2, 0) is 21.4 Å². The van der Waals surface area contributed by atoms with E-state index in [4.69, 9.17) is 14.6 Å². The van der Waals surface area contributed by atoms with Gasteiger partial charge in [0.2, 0.25) is 0 Å². The van der Waals surface area contributed by atoms with Crippen LogP contribution in [0.3, 0.4) is 0 Å². The molecule has 0 saturated carbocycles. The number of hydrogen-bond donors (Lipinski definition) is 2. The van der Waals surface area contributed by atoms with E-state index in [1.54, 1.807) is 11.1 Å². The van der Waals surface area contributed by atoms with Gasteiger partial charge in [-0.1, -0.05) is 13.8 Å². The number of pyridine rings is 1. The first kappa shape index (κ1) is 29.6. The van der Waals surface area contributed by atoms with Gasteiger partial charge in [-0.2, -0.15) is 5.10 Å². The highest BCUT2D eigenvalue weighted by Gasteiger charge is 2.39. The Hall–Kier alpha value is -3.86. The molecule has 2 aliphatic heterocycles. The Morgan fingerprint density at radius 1 is 1.07 bits per heavy atom. The van der Waals surface area contributed by atoms with E-state index in [2.05, 4.69) is 17.2 Å². The second-order valence-corrected chi connectivity index (χ2v) is 12.1. The molecule has 5 rings (SSSR count). The monoisotopic (exact) mass is 578 g/mol. The lowest BCUT2D eigenvalue weighted by Gasteiger charge is -2.42. The first-order chi connectivity index (χ1) is 20.0. The number of benzene rings is 1. The summed E-state index contributed by atoms with van der Waals surface area (Å²) in [6.45, 7) is 13.1. The predicted molar refractivity (Wildman–Crippen MR) is 161 cm³/mol. The maximum absolute atomic E-state index is 13.2. The van der Waals surface area contributed by atoms with E-state index in [0.29, 0.717) is 75.4 Å². The number of fused-ring (bicyclic) bond motifs is 1. The van der Waals surface area contributed by atoms with Crippen LogP contribution in [0.25, 0.3) is 10.9 Å².